The van der Waals surface area contributed by atoms with E-state index < -0.39 is 0 Å². The van der Waals surface area contributed by atoms with Gasteiger partial charge in [-0.3, -0.25) is 10.7 Å². The predicted octanol–water partition coefficient (Wildman–Crippen LogP) is 6.99. The zero-order valence-corrected chi connectivity index (χ0v) is 18.7. The Bertz CT molecular complexity index is 1270. The van der Waals surface area contributed by atoms with Gasteiger partial charge in [-0.1, -0.05) is 84.4 Å². The Morgan fingerprint density at radius 2 is 1.50 bits per heavy atom. The third kappa shape index (κ3) is 4.26. The summed E-state index contributed by atoms with van der Waals surface area (Å²) in [6.45, 7) is 0.449. The second kappa shape index (κ2) is 8.91. The fourth-order valence-corrected chi connectivity index (χ4v) is 4.61. The van der Waals surface area contributed by atoms with E-state index in [1.165, 1.54) is 11.3 Å². The molecule has 5 rings (SSSR count). The van der Waals surface area contributed by atoms with E-state index in [0.29, 0.717) is 11.6 Å². The SMILES string of the molecule is O=C(Nc1cc(-c2ccccc2)cs1)N1CC(c2ccccc2)=C(c2ccc(Cl)cc2)N1. The van der Waals surface area contributed by atoms with E-state index in [1.807, 2.05) is 66.7 Å². The number of carbonyl (C=O) groups is 1. The predicted molar refractivity (Wildman–Crippen MR) is 133 cm³/mol. The Morgan fingerprint density at radius 1 is 0.844 bits per heavy atom. The second-order valence-corrected chi connectivity index (χ2v) is 8.77. The lowest BCUT2D eigenvalue weighted by Crippen LogP contribution is -2.40. The van der Waals surface area contributed by atoms with E-state index in [9.17, 15) is 4.79 Å². The maximum atomic E-state index is 13.1. The number of anilines is 1. The van der Waals surface area contributed by atoms with Crippen LogP contribution in [0.25, 0.3) is 22.4 Å². The molecule has 2 heterocycles. The molecule has 0 saturated carbocycles. The first-order chi connectivity index (χ1) is 15.7. The molecule has 6 heteroatoms. The van der Waals surface area contributed by atoms with Crippen molar-refractivity contribution in [3.05, 3.63) is 113 Å². The zero-order valence-electron chi connectivity index (χ0n) is 17.1. The second-order valence-electron chi connectivity index (χ2n) is 7.42. The van der Waals surface area contributed by atoms with Crippen molar-refractivity contribution in [3.8, 4) is 11.1 Å². The van der Waals surface area contributed by atoms with Crippen LogP contribution in [0.3, 0.4) is 0 Å². The highest BCUT2D eigenvalue weighted by atomic mass is 35.5. The number of benzene rings is 3. The van der Waals surface area contributed by atoms with Gasteiger partial charge in [0.2, 0.25) is 0 Å². The molecule has 32 heavy (non-hydrogen) atoms. The molecule has 4 aromatic rings. The molecule has 1 aliphatic heterocycles. The number of hydrogen-bond donors (Lipinski definition) is 2. The summed E-state index contributed by atoms with van der Waals surface area (Å²) in [6, 6.07) is 29.7. The molecule has 0 aliphatic carbocycles. The molecule has 0 saturated heterocycles. The summed E-state index contributed by atoms with van der Waals surface area (Å²) in [5.41, 5.74) is 9.52. The van der Waals surface area contributed by atoms with Gasteiger partial charge in [0.1, 0.15) is 0 Å². The highest BCUT2D eigenvalue weighted by Gasteiger charge is 2.27. The van der Waals surface area contributed by atoms with Crippen LogP contribution in [0.1, 0.15) is 11.1 Å². The van der Waals surface area contributed by atoms with Crippen LogP contribution < -0.4 is 10.7 Å². The van der Waals surface area contributed by atoms with E-state index >= 15 is 0 Å². The fraction of sp³-hybridized carbons (Fsp3) is 0.0385. The average molecular weight is 458 g/mol. The van der Waals surface area contributed by atoms with Crippen molar-refractivity contribution in [2.75, 3.05) is 11.9 Å². The summed E-state index contributed by atoms with van der Waals surface area (Å²) >= 11 is 7.59. The normalized spacial score (nSPS) is 13.2. The van der Waals surface area contributed by atoms with Crippen molar-refractivity contribution in [2.24, 2.45) is 0 Å². The number of carbonyl (C=O) groups excluding carboxylic acids is 1. The van der Waals surface area contributed by atoms with Gasteiger partial charge in [0, 0.05) is 16.0 Å². The average Bonchev–Trinajstić information content (AvgIpc) is 3.49. The highest BCUT2D eigenvalue weighted by Crippen LogP contribution is 2.32. The minimum atomic E-state index is -0.205. The van der Waals surface area contributed by atoms with Gasteiger partial charge in [-0.05, 0) is 40.5 Å². The van der Waals surface area contributed by atoms with E-state index in [0.717, 1.165) is 38.5 Å². The van der Waals surface area contributed by atoms with Crippen molar-refractivity contribution >= 4 is 45.2 Å². The van der Waals surface area contributed by atoms with Crippen LogP contribution in [0.15, 0.2) is 96.4 Å². The number of halogens is 1. The lowest BCUT2D eigenvalue weighted by Gasteiger charge is -2.18. The summed E-state index contributed by atoms with van der Waals surface area (Å²) in [7, 11) is 0. The van der Waals surface area contributed by atoms with Gasteiger partial charge in [-0.25, -0.2) is 9.80 Å². The number of hydrogen-bond acceptors (Lipinski definition) is 3. The quantitative estimate of drug-likeness (QED) is 0.347. The Labute approximate surface area is 195 Å². The van der Waals surface area contributed by atoms with Crippen molar-refractivity contribution in [2.45, 2.75) is 0 Å². The van der Waals surface area contributed by atoms with Crippen molar-refractivity contribution in [1.82, 2.24) is 10.4 Å². The summed E-state index contributed by atoms with van der Waals surface area (Å²) in [5.74, 6) is 0. The molecule has 2 N–H and O–H groups in total. The smallest absolute Gasteiger partial charge is 0.298 e. The van der Waals surface area contributed by atoms with Gasteiger partial charge in [-0.2, -0.15) is 0 Å². The fourth-order valence-electron chi connectivity index (χ4n) is 3.69. The van der Waals surface area contributed by atoms with Crippen LogP contribution in [0.5, 0.6) is 0 Å². The number of thiophene rings is 1. The Hall–Kier alpha value is -3.54. The Morgan fingerprint density at radius 3 is 2.19 bits per heavy atom. The van der Waals surface area contributed by atoms with Crippen molar-refractivity contribution < 1.29 is 4.79 Å². The van der Waals surface area contributed by atoms with Gasteiger partial charge in [0.25, 0.3) is 0 Å². The summed E-state index contributed by atoms with van der Waals surface area (Å²) in [4.78, 5) is 13.1. The number of urea groups is 1. The number of nitrogens with zero attached hydrogens (tertiary/aromatic N) is 1. The first kappa shape index (κ1) is 20.4. The first-order valence-electron chi connectivity index (χ1n) is 10.2. The van der Waals surface area contributed by atoms with Crippen molar-refractivity contribution in [3.63, 3.8) is 0 Å². The molecule has 0 spiro atoms. The molecular formula is C26H20ClN3OS. The molecule has 0 bridgehead atoms. The molecule has 1 aliphatic rings. The van der Waals surface area contributed by atoms with Crippen molar-refractivity contribution in [1.29, 1.82) is 0 Å². The van der Waals surface area contributed by atoms with Crippen LogP contribution in [-0.2, 0) is 0 Å². The molecule has 2 amide bonds. The van der Waals surface area contributed by atoms with E-state index in [2.05, 4.69) is 40.4 Å². The van der Waals surface area contributed by atoms with Gasteiger partial charge in [0.15, 0.2) is 0 Å². The van der Waals surface area contributed by atoms with E-state index in [1.54, 1.807) is 5.01 Å². The summed E-state index contributed by atoms with van der Waals surface area (Å²) in [6.07, 6.45) is 0. The van der Waals surface area contributed by atoms with E-state index in [4.69, 9.17) is 11.6 Å². The summed E-state index contributed by atoms with van der Waals surface area (Å²) < 4.78 is 0. The lowest BCUT2D eigenvalue weighted by molar-refractivity contribution is 0.210. The van der Waals surface area contributed by atoms with Crippen LogP contribution in [0, 0.1) is 0 Å². The van der Waals surface area contributed by atoms with Gasteiger partial charge < -0.3 is 0 Å². The zero-order chi connectivity index (χ0) is 21.9. The Kier molecular flexibility index (Phi) is 5.67. The number of hydrazine groups is 1. The molecule has 158 valence electrons. The molecule has 0 unspecified atom stereocenters. The minimum absolute atomic E-state index is 0.205. The van der Waals surface area contributed by atoms with Crippen LogP contribution >= 0.6 is 22.9 Å². The maximum absolute atomic E-state index is 13.1. The molecule has 0 radical (unpaired) electrons. The molecular weight excluding hydrogens is 438 g/mol. The minimum Gasteiger partial charge on any atom is -0.298 e. The number of amides is 2. The van der Waals surface area contributed by atoms with Crippen LogP contribution in [-0.4, -0.2) is 17.6 Å². The Balaban J connectivity index is 1.37. The molecule has 0 atom stereocenters. The first-order valence-corrected chi connectivity index (χ1v) is 11.5. The van der Waals surface area contributed by atoms with E-state index in [-0.39, 0.29) is 6.03 Å². The number of rotatable bonds is 4. The standard InChI is InChI=1S/C26H20ClN3OS/c27-22-13-11-20(12-14-22)25-23(19-9-5-2-6-10-19)16-30(29-25)26(31)28-24-15-21(17-32-24)18-7-3-1-4-8-18/h1-15,17,29H,16H2,(H,28,31). The topological polar surface area (TPSA) is 44.4 Å². The summed E-state index contributed by atoms with van der Waals surface area (Å²) in [5, 5.41) is 8.16. The van der Waals surface area contributed by atoms with Gasteiger partial charge in [-0.15, -0.1) is 11.3 Å². The highest BCUT2D eigenvalue weighted by molar-refractivity contribution is 7.14. The third-order valence-electron chi connectivity index (χ3n) is 5.30. The molecule has 4 nitrogen and oxygen atoms in total. The number of nitrogens with one attached hydrogen (secondary N) is 2. The molecule has 0 fully saturated rings. The largest absolute Gasteiger partial charge is 0.341 e. The van der Waals surface area contributed by atoms with Gasteiger partial charge in [0.05, 0.1) is 17.2 Å². The third-order valence-corrected chi connectivity index (χ3v) is 6.40. The monoisotopic (exact) mass is 457 g/mol. The maximum Gasteiger partial charge on any atom is 0.341 e. The lowest BCUT2D eigenvalue weighted by atomic mass is 10.0. The van der Waals surface area contributed by atoms with Gasteiger partial charge >= 0.3 is 6.03 Å². The van der Waals surface area contributed by atoms with Crippen LogP contribution in [0.4, 0.5) is 9.80 Å². The molecule has 3 aromatic carbocycles. The van der Waals surface area contributed by atoms with Crippen LogP contribution in [0.2, 0.25) is 5.02 Å². The molecule has 1 aromatic heterocycles.